The summed E-state index contributed by atoms with van der Waals surface area (Å²) in [6, 6.07) is 5.80. The number of aromatic nitrogens is 2. The Bertz CT molecular complexity index is 581. The van der Waals surface area contributed by atoms with E-state index in [4.69, 9.17) is 22.3 Å². The van der Waals surface area contributed by atoms with E-state index in [1.807, 2.05) is 25.2 Å². The molecular weight excluding hydrogens is 258 g/mol. The highest BCUT2D eigenvalue weighted by molar-refractivity contribution is 6.31. The minimum absolute atomic E-state index is 0.236. The summed E-state index contributed by atoms with van der Waals surface area (Å²) < 4.78 is 2.12. The van der Waals surface area contributed by atoms with E-state index >= 15 is 0 Å². The molecular formula is C15H22ClN3. The van der Waals surface area contributed by atoms with Gasteiger partial charge in [-0.1, -0.05) is 32.4 Å². The van der Waals surface area contributed by atoms with Gasteiger partial charge in [-0.05, 0) is 30.0 Å². The van der Waals surface area contributed by atoms with Crippen LogP contribution in [0.4, 0.5) is 0 Å². The van der Waals surface area contributed by atoms with Crippen molar-refractivity contribution in [1.82, 2.24) is 9.55 Å². The number of fused-ring (bicyclic) bond motifs is 1. The Morgan fingerprint density at radius 1 is 1.37 bits per heavy atom. The molecule has 0 aliphatic carbocycles. The summed E-state index contributed by atoms with van der Waals surface area (Å²) in [5.41, 5.74) is 8.23. The molecule has 1 unspecified atom stereocenters. The fraction of sp³-hybridized carbons (Fsp3) is 0.533. The zero-order valence-corrected chi connectivity index (χ0v) is 12.8. The van der Waals surface area contributed by atoms with E-state index in [-0.39, 0.29) is 11.3 Å². The number of nitrogens with zero attached hydrogens (tertiary/aromatic N) is 2. The Kier molecular flexibility index (Phi) is 3.88. The van der Waals surface area contributed by atoms with Crippen LogP contribution in [-0.2, 0) is 7.05 Å². The highest BCUT2D eigenvalue weighted by Gasteiger charge is 2.23. The van der Waals surface area contributed by atoms with Crippen LogP contribution in [0.3, 0.4) is 0 Å². The Balaban J connectivity index is 2.46. The van der Waals surface area contributed by atoms with Crippen LogP contribution in [0.1, 0.15) is 38.9 Å². The molecule has 0 aliphatic rings. The van der Waals surface area contributed by atoms with E-state index in [9.17, 15) is 0 Å². The molecule has 104 valence electrons. The molecule has 0 spiro atoms. The van der Waals surface area contributed by atoms with E-state index in [2.05, 4.69) is 25.3 Å². The second kappa shape index (κ2) is 5.14. The first-order chi connectivity index (χ1) is 8.81. The van der Waals surface area contributed by atoms with Gasteiger partial charge in [0.1, 0.15) is 5.82 Å². The van der Waals surface area contributed by atoms with Crippen molar-refractivity contribution in [2.24, 2.45) is 18.2 Å². The maximum atomic E-state index is 6.05. The van der Waals surface area contributed by atoms with Gasteiger partial charge in [-0.2, -0.15) is 0 Å². The molecule has 0 radical (unpaired) electrons. The third-order valence-corrected chi connectivity index (χ3v) is 3.62. The van der Waals surface area contributed by atoms with Crippen LogP contribution in [0, 0.1) is 5.41 Å². The standard InChI is InChI=1S/C15H22ClN3/c1-15(2,3)8-10(9-17)14-18-12-6-5-11(16)7-13(12)19(14)4/h5-7,10H,8-9,17H2,1-4H3. The van der Waals surface area contributed by atoms with Gasteiger partial charge in [-0.3, -0.25) is 0 Å². The summed E-state index contributed by atoms with van der Waals surface area (Å²) in [5.74, 6) is 1.32. The van der Waals surface area contributed by atoms with E-state index in [0.29, 0.717) is 6.54 Å². The van der Waals surface area contributed by atoms with Gasteiger partial charge in [-0.25, -0.2) is 4.98 Å². The van der Waals surface area contributed by atoms with Gasteiger partial charge in [0, 0.05) is 24.5 Å². The molecule has 1 heterocycles. The molecule has 0 amide bonds. The first-order valence-electron chi connectivity index (χ1n) is 6.64. The fourth-order valence-corrected chi connectivity index (χ4v) is 2.73. The van der Waals surface area contributed by atoms with Gasteiger partial charge in [0.25, 0.3) is 0 Å². The Labute approximate surface area is 119 Å². The van der Waals surface area contributed by atoms with Crippen molar-refractivity contribution in [3.63, 3.8) is 0 Å². The molecule has 2 rings (SSSR count). The van der Waals surface area contributed by atoms with E-state index in [1.54, 1.807) is 0 Å². The summed E-state index contributed by atoms with van der Waals surface area (Å²) in [4.78, 5) is 4.73. The molecule has 1 atom stereocenters. The molecule has 19 heavy (non-hydrogen) atoms. The van der Waals surface area contributed by atoms with Gasteiger partial charge >= 0.3 is 0 Å². The highest BCUT2D eigenvalue weighted by Crippen LogP contribution is 2.31. The maximum Gasteiger partial charge on any atom is 0.114 e. The fourth-order valence-electron chi connectivity index (χ4n) is 2.57. The number of hydrogen-bond acceptors (Lipinski definition) is 2. The van der Waals surface area contributed by atoms with Crippen molar-refractivity contribution in [3.05, 3.63) is 29.0 Å². The van der Waals surface area contributed by atoms with Crippen molar-refractivity contribution in [3.8, 4) is 0 Å². The van der Waals surface area contributed by atoms with Gasteiger partial charge in [-0.15, -0.1) is 0 Å². The predicted molar refractivity (Wildman–Crippen MR) is 81.6 cm³/mol. The molecule has 3 nitrogen and oxygen atoms in total. The van der Waals surface area contributed by atoms with Crippen LogP contribution in [0.5, 0.6) is 0 Å². The smallest absolute Gasteiger partial charge is 0.114 e. The van der Waals surface area contributed by atoms with Crippen LogP contribution in [0.25, 0.3) is 11.0 Å². The molecule has 4 heteroatoms. The third-order valence-electron chi connectivity index (χ3n) is 3.39. The van der Waals surface area contributed by atoms with Gasteiger partial charge in [0.05, 0.1) is 11.0 Å². The van der Waals surface area contributed by atoms with Gasteiger partial charge < -0.3 is 10.3 Å². The van der Waals surface area contributed by atoms with Crippen molar-refractivity contribution >= 4 is 22.6 Å². The van der Waals surface area contributed by atoms with Crippen LogP contribution < -0.4 is 5.73 Å². The first-order valence-corrected chi connectivity index (χ1v) is 7.01. The topological polar surface area (TPSA) is 43.8 Å². The number of aryl methyl sites for hydroxylation is 1. The molecule has 1 aromatic heterocycles. The van der Waals surface area contributed by atoms with E-state index in [1.165, 1.54) is 0 Å². The number of hydrogen-bond donors (Lipinski definition) is 1. The summed E-state index contributed by atoms with van der Waals surface area (Å²) in [5, 5.41) is 0.738. The number of rotatable bonds is 3. The normalized spacial score (nSPS) is 14.0. The summed E-state index contributed by atoms with van der Waals surface area (Å²) in [6.45, 7) is 7.31. The van der Waals surface area contributed by atoms with Crippen LogP contribution >= 0.6 is 11.6 Å². The zero-order chi connectivity index (χ0) is 14.2. The van der Waals surface area contributed by atoms with Crippen LogP contribution in [0.15, 0.2) is 18.2 Å². The number of imidazole rings is 1. The van der Waals surface area contributed by atoms with Crippen molar-refractivity contribution < 1.29 is 0 Å². The molecule has 0 bridgehead atoms. The molecule has 0 fully saturated rings. The Morgan fingerprint density at radius 3 is 2.63 bits per heavy atom. The minimum Gasteiger partial charge on any atom is -0.331 e. The zero-order valence-electron chi connectivity index (χ0n) is 12.1. The maximum absolute atomic E-state index is 6.05. The number of nitrogens with two attached hydrogens (primary N) is 1. The summed E-state index contributed by atoms with van der Waals surface area (Å²) in [6.07, 6.45) is 1.02. The van der Waals surface area contributed by atoms with Crippen molar-refractivity contribution in [1.29, 1.82) is 0 Å². The lowest BCUT2D eigenvalue weighted by Gasteiger charge is -2.24. The minimum atomic E-state index is 0.236. The van der Waals surface area contributed by atoms with Crippen molar-refractivity contribution in [2.75, 3.05) is 6.54 Å². The van der Waals surface area contributed by atoms with Gasteiger partial charge in [0.2, 0.25) is 0 Å². The van der Waals surface area contributed by atoms with E-state index < -0.39 is 0 Å². The second-order valence-corrected chi connectivity index (χ2v) is 6.80. The van der Waals surface area contributed by atoms with Crippen LogP contribution in [-0.4, -0.2) is 16.1 Å². The lowest BCUT2D eigenvalue weighted by Crippen LogP contribution is -2.22. The first kappa shape index (κ1) is 14.4. The molecule has 0 saturated carbocycles. The largest absolute Gasteiger partial charge is 0.331 e. The Hall–Kier alpha value is -1.06. The average Bonchev–Trinajstić information content (AvgIpc) is 2.63. The summed E-state index contributed by atoms with van der Waals surface area (Å²) >= 11 is 6.05. The molecule has 0 aliphatic heterocycles. The number of halogens is 1. The SMILES string of the molecule is Cn1c(C(CN)CC(C)(C)C)nc2ccc(Cl)cc21. The predicted octanol–water partition coefficient (Wildman–Crippen LogP) is 3.71. The van der Waals surface area contributed by atoms with E-state index in [0.717, 1.165) is 28.3 Å². The van der Waals surface area contributed by atoms with Crippen LogP contribution in [0.2, 0.25) is 5.02 Å². The lowest BCUT2D eigenvalue weighted by molar-refractivity contribution is 0.333. The summed E-state index contributed by atoms with van der Waals surface area (Å²) in [7, 11) is 2.03. The average molecular weight is 280 g/mol. The monoisotopic (exact) mass is 279 g/mol. The second-order valence-electron chi connectivity index (χ2n) is 6.36. The van der Waals surface area contributed by atoms with Crippen molar-refractivity contribution in [2.45, 2.75) is 33.1 Å². The quantitative estimate of drug-likeness (QED) is 0.931. The lowest BCUT2D eigenvalue weighted by atomic mass is 9.84. The number of benzene rings is 1. The highest BCUT2D eigenvalue weighted by atomic mass is 35.5. The molecule has 2 N–H and O–H groups in total. The third kappa shape index (κ3) is 3.10. The van der Waals surface area contributed by atoms with Gasteiger partial charge in [0.15, 0.2) is 0 Å². The Morgan fingerprint density at radius 2 is 2.05 bits per heavy atom. The molecule has 2 aromatic rings. The molecule has 0 saturated heterocycles. The molecule has 1 aromatic carbocycles.